The summed E-state index contributed by atoms with van der Waals surface area (Å²) in [6, 6.07) is 12.5. The molecule has 1 amide bonds. The molecule has 0 atom stereocenters. The Balaban J connectivity index is 1.67. The Kier molecular flexibility index (Phi) is 3.51. The predicted molar refractivity (Wildman–Crippen MR) is 91.0 cm³/mol. The SMILES string of the molecule is O=C(Nc1cccc2[nH]cnc12)c1conc1-c1ccc(Cl)cc1. The lowest BCUT2D eigenvalue weighted by Gasteiger charge is -2.05. The molecule has 0 unspecified atom stereocenters. The molecule has 118 valence electrons. The number of fused-ring (bicyclic) bond motifs is 1. The van der Waals surface area contributed by atoms with Crippen molar-refractivity contribution in [2.24, 2.45) is 0 Å². The fraction of sp³-hybridized carbons (Fsp3) is 0. The number of hydrogen-bond donors (Lipinski definition) is 2. The Morgan fingerprint density at radius 1 is 1.17 bits per heavy atom. The number of carbonyl (C=O) groups is 1. The van der Waals surface area contributed by atoms with E-state index < -0.39 is 0 Å². The van der Waals surface area contributed by atoms with Crippen LogP contribution in [0.25, 0.3) is 22.3 Å². The molecular weight excluding hydrogens is 328 g/mol. The molecule has 0 spiro atoms. The van der Waals surface area contributed by atoms with Gasteiger partial charge in [-0.1, -0.05) is 35.0 Å². The van der Waals surface area contributed by atoms with E-state index in [2.05, 4.69) is 20.4 Å². The second-order valence-corrected chi connectivity index (χ2v) is 5.58. The largest absolute Gasteiger partial charge is 0.363 e. The first-order valence-corrected chi connectivity index (χ1v) is 7.54. The molecule has 0 aliphatic rings. The number of rotatable bonds is 3. The summed E-state index contributed by atoms with van der Waals surface area (Å²) in [5.41, 5.74) is 3.69. The van der Waals surface area contributed by atoms with Gasteiger partial charge >= 0.3 is 0 Å². The van der Waals surface area contributed by atoms with Gasteiger partial charge in [0.1, 0.15) is 23.0 Å². The van der Waals surface area contributed by atoms with Crippen LogP contribution in [0.3, 0.4) is 0 Å². The van der Waals surface area contributed by atoms with Gasteiger partial charge in [0.15, 0.2) is 0 Å². The zero-order valence-corrected chi connectivity index (χ0v) is 13.0. The third-order valence-electron chi connectivity index (χ3n) is 3.63. The number of H-pyrrole nitrogens is 1. The summed E-state index contributed by atoms with van der Waals surface area (Å²) in [4.78, 5) is 19.9. The molecule has 4 aromatic rings. The van der Waals surface area contributed by atoms with E-state index >= 15 is 0 Å². The summed E-state index contributed by atoms with van der Waals surface area (Å²) in [7, 11) is 0. The van der Waals surface area contributed by atoms with Crippen LogP contribution in [0.2, 0.25) is 5.02 Å². The fourth-order valence-corrected chi connectivity index (χ4v) is 2.60. The summed E-state index contributed by atoms with van der Waals surface area (Å²) in [5, 5.41) is 7.39. The zero-order chi connectivity index (χ0) is 16.5. The van der Waals surface area contributed by atoms with Crippen LogP contribution < -0.4 is 5.32 Å². The Morgan fingerprint density at radius 3 is 2.83 bits per heavy atom. The Hall–Kier alpha value is -3.12. The number of amides is 1. The first-order chi connectivity index (χ1) is 11.7. The van der Waals surface area contributed by atoms with Gasteiger partial charge in [0.05, 0.1) is 17.5 Å². The van der Waals surface area contributed by atoms with Crippen molar-refractivity contribution in [2.45, 2.75) is 0 Å². The molecule has 2 heterocycles. The van der Waals surface area contributed by atoms with Crippen molar-refractivity contribution >= 4 is 34.2 Å². The highest BCUT2D eigenvalue weighted by Gasteiger charge is 2.18. The van der Waals surface area contributed by atoms with Crippen LogP contribution in [0.5, 0.6) is 0 Å². The summed E-state index contributed by atoms with van der Waals surface area (Å²) < 4.78 is 5.00. The van der Waals surface area contributed by atoms with Crippen molar-refractivity contribution < 1.29 is 9.32 Å². The lowest BCUT2D eigenvalue weighted by atomic mass is 10.1. The van der Waals surface area contributed by atoms with E-state index in [0.29, 0.717) is 27.5 Å². The molecule has 0 saturated carbocycles. The van der Waals surface area contributed by atoms with Gasteiger partial charge in [0, 0.05) is 10.6 Å². The van der Waals surface area contributed by atoms with Crippen LogP contribution in [-0.4, -0.2) is 21.0 Å². The van der Waals surface area contributed by atoms with Crippen molar-refractivity contribution in [3.05, 3.63) is 65.6 Å². The normalized spacial score (nSPS) is 10.9. The van der Waals surface area contributed by atoms with Crippen molar-refractivity contribution in [3.8, 4) is 11.3 Å². The molecule has 0 saturated heterocycles. The van der Waals surface area contributed by atoms with Gasteiger partial charge in [-0.25, -0.2) is 4.98 Å². The number of benzene rings is 2. The number of aromatic amines is 1. The van der Waals surface area contributed by atoms with E-state index in [9.17, 15) is 4.79 Å². The summed E-state index contributed by atoms with van der Waals surface area (Å²) in [5.74, 6) is -0.322. The lowest BCUT2D eigenvalue weighted by Crippen LogP contribution is -2.12. The smallest absolute Gasteiger partial charge is 0.261 e. The van der Waals surface area contributed by atoms with Crippen LogP contribution in [0.1, 0.15) is 10.4 Å². The highest BCUT2D eigenvalue weighted by Crippen LogP contribution is 2.26. The van der Waals surface area contributed by atoms with Gasteiger partial charge in [-0.05, 0) is 24.3 Å². The summed E-state index contributed by atoms with van der Waals surface area (Å²) in [6.07, 6.45) is 2.91. The van der Waals surface area contributed by atoms with Crippen LogP contribution in [0.15, 0.2) is 59.6 Å². The molecule has 0 aliphatic heterocycles. The number of nitrogens with one attached hydrogen (secondary N) is 2. The second kappa shape index (κ2) is 5.82. The minimum absolute atomic E-state index is 0.322. The standard InChI is InChI=1S/C17H11ClN4O2/c18-11-6-4-10(5-7-11)15-12(8-24-22-15)17(23)21-14-3-1-2-13-16(14)20-9-19-13/h1-9H,(H,19,20)(H,21,23). The molecule has 2 N–H and O–H groups in total. The minimum Gasteiger partial charge on any atom is -0.363 e. The van der Waals surface area contributed by atoms with E-state index in [-0.39, 0.29) is 5.91 Å². The van der Waals surface area contributed by atoms with E-state index in [1.54, 1.807) is 36.7 Å². The van der Waals surface area contributed by atoms with E-state index in [1.807, 2.05) is 12.1 Å². The molecule has 0 fully saturated rings. The number of para-hydroxylation sites is 1. The number of imidazole rings is 1. The van der Waals surface area contributed by atoms with Gasteiger partial charge in [0.2, 0.25) is 0 Å². The maximum atomic E-state index is 12.6. The molecule has 4 rings (SSSR count). The Morgan fingerprint density at radius 2 is 2.00 bits per heavy atom. The number of halogens is 1. The predicted octanol–water partition coefficient (Wildman–Crippen LogP) is 4.12. The van der Waals surface area contributed by atoms with Gasteiger partial charge in [0.25, 0.3) is 5.91 Å². The first-order valence-electron chi connectivity index (χ1n) is 7.16. The first kappa shape index (κ1) is 14.5. The zero-order valence-electron chi connectivity index (χ0n) is 12.3. The van der Waals surface area contributed by atoms with E-state index in [0.717, 1.165) is 11.1 Å². The molecule has 0 bridgehead atoms. The molecular formula is C17H11ClN4O2. The molecule has 2 aromatic carbocycles. The third kappa shape index (κ3) is 2.53. The van der Waals surface area contributed by atoms with E-state index in [4.69, 9.17) is 16.1 Å². The molecule has 7 heteroatoms. The van der Waals surface area contributed by atoms with Crippen LogP contribution in [0, 0.1) is 0 Å². The summed E-state index contributed by atoms with van der Waals surface area (Å²) >= 11 is 5.89. The monoisotopic (exact) mass is 338 g/mol. The average molecular weight is 339 g/mol. The van der Waals surface area contributed by atoms with Crippen LogP contribution in [0.4, 0.5) is 5.69 Å². The lowest BCUT2D eigenvalue weighted by molar-refractivity contribution is 0.102. The molecule has 0 aliphatic carbocycles. The topological polar surface area (TPSA) is 83.8 Å². The second-order valence-electron chi connectivity index (χ2n) is 5.14. The Bertz CT molecular complexity index is 1020. The Labute approximate surface area is 141 Å². The number of nitrogens with zero attached hydrogens (tertiary/aromatic N) is 2. The molecule has 0 radical (unpaired) electrons. The van der Waals surface area contributed by atoms with Crippen molar-refractivity contribution in [1.29, 1.82) is 0 Å². The minimum atomic E-state index is -0.322. The maximum Gasteiger partial charge on any atom is 0.261 e. The van der Waals surface area contributed by atoms with Gasteiger partial charge in [-0.3, -0.25) is 4.79 Å². The molecule has 24 heavy (non-hydrogen) atoms. The highest BCUT2D eigenvalue weighted by molar-refractivity contribution is 6.30. The number of carbonyl (C=O) groups excluding carboxylic acids is 1. The number of aromatic nitrogens is 3. The van der Waals surface area contributed by atoms with E-state index in [1.165, 1.54) is 6.26 Å². The van der Waals surface area contributed by atoms with Gasteiger partial charge in [-0.15, -0.1) is 0 Å². The highest BCUT2D eigenvalue weighted by atomic mass is 35.5. The number of hydrogen-bond acceptors (Lipinski definition) is 4. The average Bonchev–Trinajstić information content (AvgIpc) is 3.25. The molecule has 2 aromatic heterocycles. The van der Waals surface area contributed by atoms with Crippen molar-refractivity contribution in [1.82, 2.24) is 15.1 Å². The van der Waals surface area contributed by atoms with Gasteiger partial charge in [-0.2, -0.15) is 0 Å². The third-order valence-corrected chi connectivity index (χ3v) is 3.88. The van der Waals surface area contributed by atoms with Crippen LogP contribution in [-0.2, 0) is 0 Å². The maximum absolute atomic E-state index is 12.6. The quantitative estimate of drug-likeness (QED) is 0.588. The summed E-state index contributed by atoms with van der Waals surface area (Å²) in [6.45, 7) is 0. The van der Waals surface area contributed by atoms with Crippen molar-refractivity contribution in [2.75, 3.05) is 5.32 Å². The van der Waals surface area contributed by atoms with Crippen molar-refractivity contribution in [3.63, 3.8) is 0 Å². The fourth-order valence-electron chi connectivity index (χ4n) is 2.47. The van der Waals surface area contributed by atoms with Gasteiger partial charge < -0.3 is 14.8 Å². The van der Waals surface area contributed by atoms with Crippen LogP contribution >= 0.6 is 11.6 Å². The number of anilines is 1. The molecule has 6 nitrogen and oxygen atoms in total.